The minimum absolute atomic E-state index is 0.300. The smallest absolute Gasteiger partial charge is 0.345 e. The van der Waals surface area contributed by atoms with Crippen molar-refractivity contribution < 1.29 is 27.4 Å². The zero-order valence-corrected chi connectivity index (χ0v) is 20.5. The molecule has 184 valence electrons. The molecular formula is C29H24F3O3S+. The first-order valence-corrected chi connectivity index (χ1v) is 12.4. The van der Waals surface area contributed by atoms with Crippen LogP contribution in [0.5, 0.6) is 5.75 Å². The monoisotopic (exact) mass is 509 g/mol. The van der Waals surface area contributed by atoms with Crippen LogP contribution in [0.15, 0.2) is 112 Å². The van der Waals surface area contributed by atoms with E-state index in [1.807, 2.05) is 12.1 Å². The molecule has 7 heteroatoms. The Morgan fingerprint density at radius 1 is 0.667 bits per heavy atom. The Morgan fingerprint density at radius 2 is 1.06 bits per heavy atom. The molecule has 0 spiro atoms. The summed E-state index contributed by atoms with van der Waals surface area (Å²) in [5, 5.41) is 0. The third-order valence-electron chi connectivity index (χ3n) is 5.42. The lowest BCUT2D eigenvalue weighted by Gasteiger charge is -2.25. The molecule has 3 nitrogen and oxygen atoms in total. The van der Waals surface area contributed by atoms with Crippen LogP contribution < -0.4 is 4.74 Å². The van der Waals surface area contributed by atoms with E-state index in [0.717, 1.165) is 14.7 Å². The number of hydrogen-bond acceptors (Lipinski definition) is 3. The van der Waals surface area contributed by atoms with Crippen molar-refractivity contribution in [3.8, 4) is 5.75 Å². The molecular weight excluding hydrogens is 485 g/mol. The number of benzene rings is 4. The highest BCUT2D eigenvalue weighted by Crippen LogP contribution is 2.32. The number of carbonyl (C=O) groups excluding carboxylic acids is 1. The summed E-state index contributed by atoms with van der Waals surface area (Å²) in [6, 6.07) is 25.4. The Labute approximate surface area is 210 Å². The van der Waals surface area contributed by atoms with E-state index in [2.05, 4.69) is 0 Å². The van der Waals surface area contributed by atoms with Crippen molar-refractivity contribution in [1.82, 2.24) is 0 Å². The molecule has 4 rings (SSSR count). The number of esters is 1. The summed E-state index contributed by atoms with van der Waals surface area (Å²) in [5.74, 6) is -1.13. The summed E-state index contributed by atoms with van der Waals surface area (Å²) in [7, 11) is -0.596. The van der Waals surface area contributed by atoms with E-state index in [4.69, 9.17) is 9.47 Å². The molecule has 0 amide bonds. The van der Waals surface area contributed by atoms with Gasteiger partial charge in [0, 0.05) is 0 Å². The molecule has 0 fully saturated rings. The van der Waals surface area contributed by atoms with Gasteiger partial charge in [-0.15, -0.1) is 0 Å². The van der Waals surface area contributed by atoms with Crippen molar-refractivity contribution in [2.75, 3.05) is 6.61 Å². The van der Waals surface area contributed by atoms with Crippen molar-refractivity contribution in [3.63, 3.8) is 0 Å². The highest BCUT2D eigenvalue weighted by molar-refractivity contribution is 7.97. The van der Waals surface area contributed by atoms with Crippen LogP contribution in [0.1, 0.15) is 19.4 Å². The predicted molar refractivity (Wildman–Crippen MR) is 132 cm³/mol. The lowest BCUT2D eigenvalue weighted by molar-refractivity contribution is -0.159. The molecule has 0 radical (unpaired) electrons. The summed E-state index contributed by atoms with van der Waals surface area (Å²) >= 11 is 0. The first-order valence-electron chi connectivity index (χ1n) is 11.2. The van der Waals surface area contributed by atoms with Crippen molar-refractivity contribution in [2.24, 2.45) is 0 Å². The number of halogens is 3. The van der Waals surface area contributed by atoms with E-state index in [0.29, 0.717) is 11.3 Å². The molecule has 0 saturated heterocycles. The van der Waals surface area contributed by atoms with Gasteiger partial charge in [0.1, 0.15) is 28.8 Å². The molecule has 4 aromatic rings. The van der Waals surface area contributed by atoms with Gasteiger partial charge in [-0.25, -0.2) is 18.0 Å². The van der Waals surface area contributed by atoms with Crippen LogP contribution in [0.3, 0.4) is 0 Å². The predicted octanol–water partition coefficient (Wildman–Crippen LogP) is 7.06. The lowest BCUT2D eigenvalue weighted by Crippen LogP contribution is -2.28. The Balaban J connectivity index is 1.45. The largest absolute Gasteiger partial charge is 0.482 e. The van der Waals surface area contributed by atoms with Crippen molar-refractivity contribution in [1.29, 1.82) is 0 Å². The minimum atomic E-state index is -0.948. The standard InChI is InChI=1S/C29H24F3O3S/c1-29(2,20-3-5-21(30)6-4-20)35-28(33)19-34-24-11-17-27(18-12-24)36(25-13-7-22(31)8-14-25)26-15-9-23(32)10-16-26/h3-18H,19H2,1-2H3/q+1. The maximum atomic E-state index is 13.5. The Hall–Kier alpha value is -3.71. The minimum Gasteiger partial charge on any atom is -0.482 e. The van der Waals surface area contributed by atoms with E-state index in [9.17, 15) is 18.0 Å². The average Bonchev–Trinajstić information content (AvgIpc) is 2.86. The molecule has 0 aromatic heterocycles. The Kier molecular flexibility index (Phi) is 7.70. The number of ether oxygens (including phenoxy) is 2. The fourth-order valence-corrected chi connectivity index (χ4v) is 5.63. The van der Waals surface area contributed by atoms with E-state index in [1.165, 1.54) is 36.4 Å². The van der Waals surface area contributed by atoms with Gasteiger partial charge < -0.3 is 9.47 Å². The lowest BCUT2D eigenvalue weighted by atomic mass is 9.98. The van der Waals surface area contributed by atoms with E-state index < -0.39 is 22.5 Å². The van der Waals surface area contributed by atoms with Crippen LogP contribution >= 0.6 is 0 Å². The fourth-order valence-electron chi connectivity index (χ4n) is 3.59. The van der Waals surface area contributed by atoms with Crippen LogP contribution in [-0.2, 0) is 26.0 Å². The Bertz CT molecular complexity index is 1260. The van der Waals surface area contributed by atoms with Crippen LogP contribution in [0.2, 0.25) is 0 Å². The zero-order chi connectivity index (χ0) is 25.7. The van der Waals surface area contributed by atoms with Crippen LogP contribution in [0, 0.1) is 17.5 Å². The van der Waals surface area contributed by atoms with Crippen LogP contribution in [0.4, 0.5) is 13.2 Å². The van der Waals surface area contributed by atoms with Crippen LogP contribution in [-0.4, -0.2) is 12.6 Å². The quantitative estimate of drug-likeness (QED) is 0.189. The molecule has 0 unspecified atom stereocenters. The third-order valence-corrected chi connectivity index (χ3v) is 7.65. The molecule has 0 atom stereocenters. The van der Waals surface area contributed by atoms with E-state index >= 15 is 0 Å². The van der Waals surface area contributed by atoms with Gasteiger partial charge in [-0.3, -0.25) is 0 Å². The third kappa shape index (κ3) is 6.29. The summed E-state index contributed by atoms with van der Waals surface area (Å²) in [5.41, 5.74) is -0.286. The molecule has 0 bridgehead atoms. The van der Waals surface area contributed by atoms with E-state index in [-0.39, 0.29) is 24.1 Å². The SMILES string of the molecule is CC(C)(OC(=O)COc1ccc([S+](c2ccc(F)cc2)c2ccc(F)cc2)cc1)c1ccc(F)cc1. The second-order valence-corrected chi connectivity index (χ2v) is 10.5. The van der Waals surface area contributed by atoms with Gasteiger partial charge in [0.2, 0.25) is 0 Å². The zero-order valence-electron chi connectivity index (χ0n) is 19.7. The maximum Gasteiger partial charge on any atom is 0.345 e. The Morgan fingerprint density at radius 3 is 1.50 bits per heavy atom. The molecule has 0 N–H and O–H groups in total. The molecule has 36 heavy (non-hydrogen) atoms. The fraction of sp³-hybridized carbons (Fsp3) is 0.138. The maximum absolute atomic E-state index is 13.5. The number of carbonyl (C=O) groups is 1. The first-order chi connectivity index (χ1) is 17.2. The number of hydrogen-bond donors (Lipinski definition) is 0. The first kappa shape index (κ1) is 25.4. The van der Waals surface area contributed by atoms with Crippen LogP contribution in [0.25, 0.3) is 0 Å². The van der Waals surface area contributed by atoms with Crippen molar-refractivity contribution in [3.05, 3.63) is 120 Å². The van der Waals surface area contributed by atoms with Gasteiger partial charge >= 0.3 is 5.97 Å². The highest BCUT2D eigenvalue weighted by Gasteiger charge is 2.29. The van der Waals surface area contributed by atoms with Gasteiger partial charge in [-0.05, 0) is 104 Å². The summed E-state index contributed by atoms with van der Waals surface area (Å²) in [4.78, 5) is 15.1. The van der Waals surface area contributed by atoms with E-state index in [1.54, 1.807) is 62.4 Å². The topological polar surface area (TPSA) is 35.5 Å². The molecule has 0 saturated carbocycles. The van der Waals surface area contributed by atoms with Gasteiger partial charge in [0.25, 0.3) is 0 Å². The second-order valence-electron chi connectivity index (χ2n) is 8.47. The average molecular weight is 510 g/mol. The van der Waals surface area contributed by atoms with Gasteiger partial charge in [-0.1, -0.05) is 12.1 Å². The van der Waals surface area contributed by atoms with Gasteiger partial charge in [-0.2, -0.15) is 0 Å². The van der Waals surface area contributed by atoms with Crippen molar-refractivity contribution in [2.45, 2.75) is 34.1 Å². The van der Waals surface area contributed by atoms with Crippen molar-refractivity contribution >= 4 is 16.9 Å². The normalized spacial score (nSPS) is 11.4. The second kappa shape index (κ2) is 10.9. The molecule has 0 aliphatic rings. The summed E-state index contributed by atoms with van der Waals surface area (Å²) in [6.45, 7) is 3.14. The highest BCUT2D eigenvalue weighted by atomic mass is 32.2. The number of rotatable bonds is 8. The van der Waals surface area contributed by atoms with Gasteiger partial charge in [0.15, 0.2) is 21.3 Å². The molecule has 0 aliphatic carbocycles. The molecule has 0 aliphatic heterocycles. The summed E-state index contributed by atoms with van der Waals surface area (Å²) < 4.78 is 51.4. The van der Waals surface area contributed by atoms with Gasteiger partial charge in [0.05, 0.1) is 10.9 Å². The molecule has 4 aromatic carbocycles. The summed E-state index contributed by atoms with van der Waals surface area (Å²) in [6.07, 6.45) is 0. The molecule has 0 heterocycles.